The normalized spacial score (nSPS) is 14.4. The zero-order valence-corrected chi connectivity index (χ0v) is 17.7. The second-order valence-corrected chi connectivity index (χ2v) is 8.66. The summed E-state index contributed by atoms with van der Waals surface area (Å²) in [6.07, 6.45) is 4.70. The largest absolute Gasteiger partial charge is 0.487 e. The summed E-state index contributed by atoms with van der Waals surface area (Å²) in [4.78, 5) is 24.1. The highest BCUT2D eigenvalue weighted by Crippen LogP contribution is 2.32. The Balaban J connectivity index is 1.40. The van der Waals surface area contributed by atoms with E-state index in [9.17, 15) is 4.79 Å². The molecule has 0 saturated carbocycles. The third kappa shape index (κ3) is 3.33. The third-order valence-electron chi connectivity index (χ3n) is 5.51. The molecule has 150 valence electrons. The van der Waals surface area contributed by atoms with E-state index in [1.165, 1.54) is 0 Å². The molecule has 0 amide bonds. The van der Waals surface area contributed by atoms with Crippen LogP contribution in [0, 0.1) is 13.8 Å². The standard InChI is InChI=1S/C24H21N3O2S/c1-15-16(2)30-23-21(15)24(28)27-12-10-18(22(27)26-23)13-17-6-8-20(9-7-17)29-14-19-5-3-4-11-25-19/h3-9,11,13H,10,12,14H2,1-2H3/b18-13-. The average molecular weight is 416 g/mol. The summed E-state index contributed by atoms with van der Waals surface area (Å²) in [5.41, 5.74) is 4.20. The Bertz CT molecular complexity index is 1320. The second-order valence-electron chi connectivity index (χ2n) is 7.45. The van der Waals surface area contributed by atoms with Gasteiger partial charge in [-0.05, 0) is 67.3 Å². The van der Waals surface area contributed by atoms with Gasteiger partial charge in [0.15, 0.2) is 0 Å². The number of rotatable bonds is 4. The fourth-order valence-corrected chi connectivity index (χ4v) is 4.78. The summed E-state index contributed by atoms with van der Waals surface area (Å²) >= 11 is 1.60. The number of pyridine rings is 1. The zero-order chi connectivity index (χ0) is 20.7. The number of thiophene rings is 1. The third-order valence-corrected chi connectivity index (χ3v) is 6.62. The van der Waals surface area contributed by atoms with Gasteiger partial charge in [-0.2, -0.15) is 0 Å². The van der Waals surface area contributed by atoms with Crippen molar-refractivity contribution in [2.75, 3.05) is 0 Å². The predicted molar refractivity (Wildman–Crippen MR) is 121 cm³/mol. The first-order valence-electron chi connectivity index (χ1n) is 9.94. The molecule has 30 heavy (non-hydrogen) atoms. The van der Waals surface area contributed by atoms with Crippen LogP contribution in [0.1, 0.15) is 33.9 Å². The van der Waals surface area contributed by atoms with Crippen molar-refractivity contribution >= 4 is 33.2 Å². The number of fused-ring (bicyclic) bond motifs is 2. The highest BCUT2D eigenvalue weighted by molar-refractivity contribution is 7.18. The minimum absolute atomic E-state index is 0.0820. The van der Waals surface area contributed by atoms with E-state index >= 15 is 0 Å². The fraction of sp³-hybridized carbons (Fsp3) is 0.208. The molecular formula is C24H21N3O2S. The van der Waals surface area contributed by atoms with E-state index in [-0.39, 0.29) is 5.56 Å². The molecule has 0 atom stereocenters. The molecule has 0 fully saturated rings. The maximum absolute atomic E-state index is 13.0. The first kappa shape index (κ1) is 18.8. The second kappa shape index (κ2) is 7.54. The van der Waals surface area contributed by atoms with E-state index in [0.29, 0.717) is 13.2 Å². The topological polar surface area (TPSA) is 57.0 Å². The summed E-state index contributed by atoms with van der Waals surface area (Å²) < 4.78 is 7.63. The van der Waals surface area contributed by atoms with Gasteiger partial charge in [-0.1, -0.05) is 18.2 Å². The van der Waals surface area contributed by atoms with Crippen molar-refractivity contribution < 1.29 is 4.74 Å². The summed E-state index contributed by atoms with van der Waals surface area (Å²) in [6, 6.07) is 13.8. The summed E-state index contributed by atoms with van der Waals surface area (Å²) in [6.45, 7) is 5.18. The molecule has 1 aliphatic rings. The van der Waals surface area contributed by atoms with Crippen molar-refractivity contribution in [2.24, 2.45) is 0 Å². The van der Waals surface area contributed by atoms with E-state index in [1.807, 2.05) is 60.9 Å². The van der Waals surface area contributed by atoms with Crippen LogP contribution in [-0.4, -0.2) is 14.5 Å². The average Bonchev–Trinajstić information content (AvgIpc) is 3.29. The number of ether oxygens (including phenoxy) is 1. The van der Waals surface area contributed by atoms with Crippen LogP contribution in [0.15, 0.2) is 53.5 Å². The first-order chi connectivity index (χ1) is 14.6. The molecule has 0 spiro atoms. The van der Waals surface area contributed by atoms with E-state index < -0.39 is 0 Å². The van der Waals surface area contributed by atoms with Crippen LogP contribution < -0.4 is 10.3 Å². The van der Waals surface area contributed by atoms with E-state index in [2.05, 4.69) is 11.1 Å². The van der Waals surface area contributed by atoms with Crippen LogP contribution in [-0.2, 0) is 13.2 Å². The lowest BCUT2D eigenvalue weighted by Gasteiger charge is -2.06. The lowest BCUT2D eigenvalue weighted by molar-refractivity contribution is 0.301. The Labute approximate surface area is 178 Å². The van der Waals surface area contributed by atoms with E-state index in [1.54, 1.807) is 17.5 Å². The Morgan fingerprint density at radius 3 is 2.77 bits per heavy atom. The molecule has 0 radical (unpaired) electrons. The lowest BCUT2D eigenvalue weighted by atomic mass is 10.1. The quantitative estimate of drug-likeness (QED) is 0.471. The van der Waals surface area contributed by atoms with Gasteiger partial charge in [0.1, 0.15) is 23.0 Å². The molecule has 4 aromatic rings. The molecule has 5 rings (SSSR count). The number of aryl methyl sites for hydroxylation is 2. The number of hydrogen-bond donors (Lipinski definition) is 0. The molecule has 4 heterocycles. The van der Waals surface area contributed by atoms with Crippen molar-refractivity contribution in [3.8, 4) is 5.75 Å². The van der Waals surface area contributed by atoms with Crippen molar-refractivity contribution in [1.82, 2.24) is 14.5 Å². The molecule has 3 aromatic heterocycles. The highest BCUT2D eigenvalue weighted by Gasteiger charge is 2.23. The minimum atomic E-state index is 0.0820. The first-order valence-corrected chi connectivity index (χ1v) is 10.8. The SMILES string of the molecule is Cc1sc2nc3n(c(=O)c2c1C)CC/C3=C/c1ccc(OCc2ccccn2)cc1. The molecule has 0 aliphatic carbocycles. The Hall–Kier alpha value is -3.25. The molecule has 6 heteroatoms. The maximum atomic E-state index is 13.0. The Morgan fingerprint density at radius 1 is 1.17 bits per heavy atom. The molecule has 0 saturated heterocycles. The summed E-state index contributed by atoms with van der Waals surface area (Å²) in [5, 5.41) is 0.775. The van der Waals surface area contributed by atoms with Gasteiger partial charge >= 0.3 is 0 Å². The molecule has 0 N–H and O–H groups in total. The van der Waals surface area contributed by atoms with Gasteiger partial charge in [0.05, 0.1) is 11.1 Å². The molecule has 1 aliphatic heterocycles. The molecule has 5 nitrogen and oxygen atoms in total. The molecular weight excluding hydrogens is 394 g/mol. The van der Waals surface area contributed by atoms with E-state index in [0.717, 1.165) is 55.5 Å². The smallest absolute Gasteiger partial charge is 0.262 e. The number of aromatic nitrogens is 3. The van der Waals surface area contributed by atoms with Gasteiger partial charge in [0.2, 0.25) is 0 Å². The summed E-state index contributed by atoms with van der Waals surface area (Å²) in [5.74, 6) is 1.60. The lowest BCUT2D eigenvalue weighted by Crippen LogP contribution is -2.20. The number of nitrogens with zero attached hydrogens (tertiary/aromatic N) is 3. The van der Waals surface area contributed by atoms with Crippen LogP contribution >= 0.6 is 11.3 Å². The maximum Gasteiger partial charge on any atom is 0.262 e. The van der Waals surface area contributed by atoms with Gasteiger partial charge in [-0.3, -0.25) is 14.3 Å². The zero-order valence-electron chi connectivity index (χ0n) is 16.9. The summed E-state index contributed by atoms with van der Waals surface area (Å²) in [7, 11) is 0. The molecule has 1 aromatic carbocycles. The van der Waals surface area contributed by atoms with Crippen LogP contribution in [0.3, 0.4) is 0 Å². The number of hydrogen-bond acceptors (Lipinski definition) is 5. The van der Waals surface area contributed by atoms with E-state index in [4.69, 9.17) is 9.72 Å². The minimum Gasteiger partial charge on any atom is -0.487 e. The Morgan fingerprint density at radius 2 is 2.00 bits per heavy atom. The molecule has 0 bridgehead atoms. The van der Waals surface area contributed by atoms with Crippen molar-refractivity contribution in [2.45, 2.75) is 33.4 Å². The van der Waals surface area contributed by atoms with Gasteiger partial charge in [-0.15, -0.1) is 11.3 Å². The monoisotopic (exact) mass is 415 g/mol. The number of allylic oxidation sites excluding steroid dienone is 1. The van der Waals surface area contributed by atoms with Crippen molar-refractivity contribution in [1.29, 1.82) is 0 Å². The van der Waals surface area contributed by atoms with Crippen LogP contribution in [0.4, 0.5) is 0 Å². The van der Waals surface area contributed by atoms with Crippen LogP contribution in [0.2, 0.25) is 0 Å². The van der Waals surface area contributed by atoms with Crippen molar-refractivity contribution in [3.63, 3.8) is 0 Å². The van der Waals surface area contributed by atoms with Gasteiger partial charge < -0.3 is 4.74 Å². The van der Waals surface area contributed by atoms with Crippen LogP contribution in [0.5, 0.6) is 5.75 Å². The van der Waals surface area contributed by atoms with Crippen molar-refractivity contribution in [3.05, 3.63) is 86.5 Å². The fourth-order valence-electron chi connectivity index (χ4n) is 3.76. The van der Waals surface area contributed by atoms with Gasteiger partial charge in [-0.25, -0.2) is 4.98 Å². The predicted octanol–water partition coefficient (Wildman–Crippen LogP) is 4.99. The van der Waals surface area contributed by atoms with Gasteiger partial charge in [0, 0.05) is 17.6 Å². The number of benzene rings is 1. The highest BCUT2D eigenvalue weighted by atomic mass is 32.1. The van der Waals surface area contributed by atoms with Crippen LogP contribution in [0.25, 0.3) is 21.9 Å². The molecule has 0 unspecified atom stereocenters. The Kier molecular flexibility index (Phi) is 4.71. The van der Waals surface area contributed by atoms with Gasteiger partial charge in [0.25, 0.3) is 5.56 Å².